The van der Waals surface area contributed by atoms with Gasteiger partial charge in [0.25, 0.3) is 0 Å². The van der Waals surface area contributed by atoms with Crippen LogP contribution in [0.15, 0.2) is 4.99 Å². The monoisotopic (exact) mass is 210 g/mol. The zero-order valence-electron chi connectivity index (χ0n) is 9.41. The minimum absolute atomic E-state index is 0.581. The lowest BCUT2D eigenvalue weighted by Gasteiger charge is -2.29. The molecule has 1 heterocycles. The Labute approximate surface area is 91.9 Å². The van der Waals surface area contributed by atoms with Gasteiger partial charge in [-0.25, -0.2) is 0 Å². The van der Waals surface area contributed by atoms with Crippen LogP contribution in [0, 0.1) is 0 Å². The highest BCUT2D eigenvalue weighted by Gasteiger charge is 2.15. The molecule has 1 saturated carbocycles. The maximum atomic E-state index is 5.82. The highest BCUT2D eigenvalue weighted by atomic mass is 15.2. The van der Waals surface area contributed by atoms with Crippen LogP contribution in [0.1, 0.15) is 32.1 Å². The van der Waals surface area contributed by atoms with E-state index in [4.69, 9.17) is 5.73 Å². The molecule has 0 aromatic carbocycles. The third kappa shape index (κ3) is 3.38. The van der Waals surface area contributed by atoms with Gasteiger partial charge in [0.1, 0.15) is 0 Å². The van der Waals surface area contributed by atoms with Crippen LogP contribution in [-0.2, 0) is 0 Å². The Balaban J connectivity index is 1.60. The average molecular weight is 210 g/mol. The van der Waals surface area contributed by atoms with E-state index in [-0.39, 0.29) is 0 Å². The molecular weight excluding hydrogens is 188 g/mol. The van der Waals surface area contributed by atoms with Crippen LogP contribution in [0.4, 0.5) is 0 Å². The van der Waals surface area contributed by atoms with Gasteiger partial charge in [0, 0.05) is 12.6 Å². The molecule has 3 N–H and O–H groups in total. The summed E-state index contributed by atoms with van der Waals surface area (Å²) in [6.45, 7) is 4.38. The predicted molar refractivity (Wildman–Crippen MR) is 62.9 cm³/mol. The van der Waals surface area contributed by atoms with Crippen molar-refractivity contribution < 1.29 is 0 Å². The van der Waals surface area contributed by atoms with Gasteiger partial charge in [-0.1, -0.05) is 12.8 Å². The van der Waals surface area contributed by atoms with E-state index in [1.165, 1.54) is 45.2 Å². The molecule has 0 amide bonds. The maximum absolute atomic E-state index is 5.82. The second-order valence-corrected chi connectivity index (χ2v) is 4.59. The summed E-state index contributed by atoms with van der Waals surface area (Å²) >= 11 is 0. The van der Waals surface area contributed by atoms with Gasteiger partial charge in [-0.3, -0.25) is 4.99 Å². The van der Waals surface area contributed by atoms with Crippen molar-refractivity contribution in [1.29, 1.82) is 0 Å². The maximum Gasteiger partial charge on any atom is 0.188 e. The lowest BCUT2D eigenvalue weighted by atomic mass is 10.2. The second-order valence-electron chi connectivity index (χ2n) is 4.59. The third-order valence-corrected chi connectivity index (χ3v) is 3.35. The fourth-order valence-electron chi connectivity index (χ4n) is 2.24. The average Bonchev–Trinajstić information content (AvgIpc) is 2.62. The van der Waals surface area contributed by atoms with Gasteiger partial charge in [-0.05, 0) is 32.4 Å². The molecule has 0 aromatic heterocycles. The van der Waals surface area contributed by atoms with E-state index in [0.717, 1.165) is 13.1 Å². The molecule has 4 heteroatoms. The first-order valence-corrected chi connectivity index (χ1v) is 6.13. The van der Waals surface area contributed by atoms with Gasteiger partial charge in [0.2, 0.25) is 0 Å². The van der Waals surface area contributed by atoms with Gasteiger partial charge < -0.3 is 16.0 Å². The van der Waals surface area contributed by atoms with Gasteiger partial charge >= 0.3 is 0 Å². The number of nitrogens with one attached hydrogen (secondary N) is 1. The number of hydrogen-bond acceptors (Lipinski definition) is 2. The first-order chi connectivity index (χ1) is 7.34. The fourth-order valence-corrected chi connectivity index (χ4v) is 2.24. The largest absolute Gasteiger partial charge is 0.370 e. The summed E-state index contributed by atoms with van der Waals surface area (Å²) in [5.41, 5.74) is 5.82. The molecule has 0 spiro atoms. The van der Waals surface area contributed by atoms with Gasteiger partial charge in [-0.15, -0.1) is 0 Å². The smallest absolute Gasteiger partial charge is 0.188 e. The molecule has 0 atom stereocenters. The molecule has 2 aliphatic rings. The van der Waals surface area contributed by atoms with Crippen LogP contribution in [0.5, 0.6) is 0 Å². The minimum Gasteiger partial charge on any atom is -0.370 e. The van der Waals surface area contributed by atoms with Crippen molar-refractivity contribution in [2.24, 2.45) is 10.7 Å². The normalized spacial score (nSPS) is 24.1. The number of hydrogen-bond donors (Lipinski definition) is 2. The number of aliphatic imine (C=N–C) groups is 1. The zero-order valence-corrected chi connectivity index (χ0v) is 9.41. The molecule has 4 nitrogen and oxygen atoms in total. The highest BCUT2D eigenvalue weighted by Crippen LogP contribution is 2.17. The first kappa shape index (κ1) is 10.7. The number of nitrogens with two attached hydrogens (primary N) is 1. The van der Waals surface area contributed by atoms with Crippen LogP contribution >= 0.6 is 0 Å². The Morgan fingerprint density at radius 1 is 1.27 bits per heavy atom. The number of nitrogens with zero attached hydrogens (tertiary/aromatic N) is 2. The van der Waals surface area contributed by atoms with Crippen molar-refractivity contribution >= 4 is 5.96 Å². The Morgan fingerprint density at radius 2 is 2.00 bits per heavy atom. The molecule has 1 saturated heterocycles. The molecule has 1 aliphatic heterocycles. The van der Waals surface area contributed by atoms with Crippen molar-refractivity contribution in [3.05, 3.63) is 0 Å². The summed E-state index contributed by atoms with van der Waals surface area (Å²) in [7, 11) is 0. The summed E-state index contributed by atoms with van der Waals surface area (Å²) < 4.78 is 0. The molecule has 15 heavy (non-hydrogen) atoms. The standard InChI is InChI=1S/C11H22N4/c12-11(14-10-4-1-2-5-10)13-6-9-15-7-3-8-15/h10H,1-9H2,(H3,12,13,14). The van der Waals surface area contributed by atoms with Gasteiger partial charge in [0.05, 0.1) is 6.54 Å². The van der Waals surface area contributed by atoms with Crippen molar-refractivity contribution in [3.63, 3.8) is 0 Å². The fraction of sp³-hybridized carbons (Fsp3) is 0.909. The SMILES string of the molecule is NC(=NCCN1CCC1)NC1CCCC1. The predicted octanol–water partition coefficient (Wildman–Crippen LogP) is 0.539. The Kier molecular flexibility index (Phi) is 3.83. The molecular formula is C11H22N4. The van der Waals surface area contributed by atoms with Gasteiger partial charge in [-0.2, -0.15) is 0 Å². The van der Waals surface area contributed by atoms with Gasteiger partial charge in [0.15, 0.2) is 5.96 Å². The van der Waals surface area contributed by atoms with Crippen molar-refractivity contribution in [2.75, 3.05) is 26.2 Å². The van der Waals surface area contributed by atoms with Crippen LogP contribution in [-0.4, -0.2) is 43.1 Å². The number of likely N-dealkylation sites (tertiary alicyclic amines) is 1. The Bertz CT molecular complexity index is 217. The second kappa shape index (κ2) is 5.35. The number of rotatable bonds is 4. The molecule has 0 bridgehead atoms. The van der Waals surface area contributed by atoms with E-state index >= 15 is 0 Å². The molecule has 86 valence electrons. The van der Waals surface area contributed by atoms with Crippen molar-refractivity contribution in [2.45, 2.75) is 38.1 Å². The van der Waals surface area contributed by atoms with Crippen LogP contribution in [0.3, 0.4) is 0 Å². The molecule has 2 rings (SSSR count). The Hall–Kier alpha value is -0.770. The van der Waals surface area contributed by atoms with E-state index < -0.39 is 0 Å². The zero-order chi connectivity index (χ0) is 10.5. The summed E-state index contributed by atoms with van der Waals surface area (Å²) in [6.07, 6.45) is 6.52. The van der Waals surface area contributed by atoms with Crippen molar-refractivity contribution in [1.82, 2.24) is 10.2 Å². The van der Waals surface area contributed by atoms with E-state index in [0.29, 0.717) is 12.0 Å². The summed E-state index contributed by atoms with van der Waals surface area (Å²) in [4.78, 5) is 6.76. The highest BCUT2D eigenvalue weighted by molar-refractivity contribution is 5.78. The topological polar surface area (TPSA) is 53.6 Å². The first-order valence-electron chi connectivity index (χ1n) is 6.13. The van der Waals surface area contributed by atoms with E-state index in [9.17, 15) is 0 Å². The van der Waals surface area contributed by atoms with E-state index in [1.807, 2.05) is 0 Å². The van der Waals surface area contributed by atoms with Crippen LogP contribution in [0.25, 0.3) is 0 Å². The Morgan fingerprint density at radius 3 is 2.60 bits per heavy atom. The lowest BCUT2D eigenvalue weighted by Crippen LogP contribution is -2.41. The number of guanidine groups is 1. The minimum atomic E-state index is 0.581. The molecule has 0 radical (unpaired) electrons. The summed E-state index contributed by atoms with van der Waals surface area (Å²) in [5, 5.41) is 3.30. The summed E-state index contributed by atoms with van der Waals surface area (Å²) in [5.74, 6) is 0.641. The van der Waals surface area contributed by atoms with E-state index in [2.05, 4.69) is 15.2 Å². The quantitative estimate of drug-likeness (QED) is 0.526. The van der Waals surface area contributed by atoms with Crippen molar-refractivity contribution in [3.8, 4) is 0 Å². The molecule has 0 aromatic rings. The van der Waals surface area contributed by atoms with Crippen LogP contribution in [0.2, 0.25) is 0 Å². The summed E-state index contributed by atoms with van der Waals surface area (Å²) in [6, 6.07) is 0.581. The lowest BCUT2D eigenvalue weighted by molar-refractivity contribution is 0.187. The molecule has 1 aliphatic carbocycles. The molecule has 2 fully saturated rings. The van der Waals surface area contributed by atoms with Crippen LogP contribution < -0.4 is 11.1 Å². The molecule has 0 unspecified atom stereocenters. The third-order valence-electron chi connectivity index (χ3n) is 3.35. The van der Waals surface area contributed by atoms with E-state index in [1.54, 1.807) is 0 Å².